The SMILES string of the molecule is CCCCCCCC/C=C\CCCCCCCC(=O)OC[C@@H](COC(=O)/C=C/c1ccc(O)c(OC)c1)OC(=O)/C=C/c1ccc(O)c(OC)c1. The van der Waals surface area contributed by atoms with Crippen LogP contribution in [-0.4, -0.2) is 61.7 Å². The van der Waals surface area contributed by atoms with E-state index in [9.17, 15) is 24.6 Å². The molecule has 0 aliphatic carbocycles. The Kier molecular flexibility index (Phi) is 21.7. The molecule has 0 bridgehead atoms. The number of rotatable bonds is 26. The molecule has 2 aromatic rings. The van der Waals surface area contributed by atoms with Crippen molar-refractivity contribution >= 4 is 30.1 Å². The molecule has 0 heterocycles. The number of phenolic OH excluding ortho intramolecular Hbond substituents is 2. The quantitative estimate of drug-likeness (QED) is 0.0320. The standard InChI is InChI=1S/C41H56O10/c1-4-5-6-7-8-9-10-11-12-13-14-15-16-17-18-19-39(44)49-30-34(51-41(46)27-23-33-21-25-36(43)38(29-33)48-3)31-50-40(45)26-22-32-20-24-35(42)37(28-32)47-2/h11-12,20-29,34,42-43H,4-10,13-19,30-31H2,1-3H3/b12-11-,26-22+,27-23+/t34-/m0/s1. The molecule has 280 valence electrons. The van der Waals surface area contributed by atoms with Crippen molar-refractivity contribution < 1.29 is 48.3 Å². The lowest BCUT2D eigenvalue weighted by Gasteiger charge is -2.17. The van der Waals surface area contributed by atoms with E-state index in [1.54, 1.807) is 24.3 Å². The van der Waals surface area contributed by atoms with Crippen molar-refractivity contribution in [2.24, 2.45) is 0 Å². The molecule has 0 spiro atoms. The zero-order valence-electron chi connectivity index (χ0n) is 30.5. The van der Waals surface area contributed by atoms with Crippen LogP contribution < -0.4 is 9.47 Å². The van der Waals surface area contributed by atoms with Crippen molar-refractivity contribution in [1.82, 2.24) is 0 Å². The maximum atomic E-state index is 12.6. The van der Waals surface area contributed by atoms with E-state index in [-0.39, 0.29) is 42.6 Å². The fourth-order valence-corrected chi connectivity index (χ4v) is 5.07. The molecule has 0 aliphatic heterocycles. The Morgan fingerprint density at radius 1 is 0.647 bits per heavy atom. The number of methoxy groups -OCH3 is 2. The topological polar surface area (TPSA) is 138 Å². The summed E-state index contributed by atoms with van der Waals surface area (Å²) in [6, 6.07) is 9.15. The number of hydrogen-bond acceptors (Lipinski definition) is 10. The van der Waals surface area contributed by atoms with Crippen molar-refractivity contribution in [3.63, 3.8) is 0 Å². The van der Waals surface area contributed by atoms with Crippen molar-refractivity contribution in [1.29, 1.82) is 0 Å². The molecule has 2 rings (SSSR count). The molecule has 0 aromatic heterocycles. The van der Waals surface area contributed by atoms with Gasteiger partial charge in [0.15, 0.2) is 29.1 Å². The number of unbranched alkanes of at least 4 members (excludes halogenated alkanes) is 11. The summed E-state index contributed by atoms with van der Waals surface area (Å²) in [6.07, 6.45) is 24.1. The van der Waals surface area contributed by atoms with Crippen molar-refractivity contribution in [2.45, 2.75) is 103 Å². The van der Waals surface area contributed by atoms with Crippen LogP contribution in [0.1, 0.15) is 108 Å². The average Bonchev–Trinajstić information content (AvgIpc) is 3.13. The second-order valence-electron chi connectivity index (χ2n) is 12.2. The number of benzene rings is 2. The number of esters is 3. The van der Waals surface area contributed by atoms with Gasteiger partial charge in [0.1, 0.15) is 13.2 Å². The molecule has 10 nitrogen and oxygen atoms in total. The van der Waals surface area contributed by atoms with Gasteiger partial charge in [-0.05, 0) is 79.6 Å². The van der Waals surface area contributed by atoms with Crippen LogP contribution in [0.2, 0.25) is 0 Å². The number of carbonyl (C=O) groups excluding carboxylic acids is 3. The number of aromatic hydroxyl groups is 2. The van der Waals surface area contributed by atoms with E-state index in [4.69, 9.17) is 23.7 Å². The third-order valence-corrected chi connectivity index (χ3v) is 8.00. The number of allylic oxidation sites excluding steroid dienone is 2. The lowest BCUT2D eigenvalue weighted by atomic mass is 10.1. The minimum Gasteiger partial charge on any atom is -0.504 e. The Bertz CT molecular complexity index is 1410. The predicted octanol–water partition coefficient (Wildman–Crippen LogP) is 8.88. The molecule has 0 aliphatic rings. The summed E-state index contributed by atoms with van der Waals surface area (Å²) in [4.78, 5) is 37.6. The highest BCUT2D eigenvalue weighted by Crippen LogP contribution is 2.27. The first-order valence-corrected chi connectivity index (χ1v) is 18.0. The van der Waals surface area contributed by atoms with E-state index in [2.05, 4.69) is 19.1 Å². The molecule has 2 aromatic carbocycles. The largest absolute Gasteiger partial charge is 0.504 e. The summed E-state index contributed by atoms with van der Waals surface area (Å²) in [5.74, 6) is -1.47. The molecule has 10 heteroatoms. The summed E-state index contributed by atoms with van der Waals surface area (Å²) < 4.78 is 26.3. The highest BCUT2D eigenvalue weighted by Gasteiger charge is 2.18. The van der Waals surface area contributed by atoms with Crippen LogP contribution in [0.4, 0.5) is 0 Å². The molecule has 0 unspecified atom stereocenters. The Hall–Kier alpha value is -4.73. The zero-order valence-corrected chi connectivity index (χ0v) is 30.5. The van der Waals surface area contributed by atoms with E-state index in [1.165, 1.54) is 89.2 Å². The van der Waals surface area contributed by atoms with Gasteiger partial charge in [0.05, 0.1) is 14.2 Å². The molecule has 1 atom stereocenters. The first kappa shape index (κ1) is 42.4. The maximum Gasteiger partial charge on any atom is 0.331 e. The number of carbonyl (C=O) groups is 3. The number of ether oxygens (including phenoxy) is 5. The van der Waals surface area contributed by atoms with Gasteiger partial charge in [0.2, 0.25) is 0 Å². The molecule has 51 heavy (non-hydrogen) atoms. The van der Waals surface area contributed by atoms with Gasteiger partial charge in [0.25, 0.3) is 0 Å². The Morgan fingerprint density at radius 3 is 1.69 bits per heavy atom. The third-order valence-electron chi connectivity index (χ3n) is 8.00. The van der Waals surface area contributed by atoms with Gasteiger partial charge >= 0.3 is 17.9 Å². The van der Waals surface area contributed by atoms with E-state index in [0.29, 0.717) is 17.5 Å². The molecule has 0 saturated heterocycles. The molecular formula is C41H56O10. The molecule has 0 fully saturated rings. The average molecular weight is 709 g/mol. The van der Waals surface area contributed by atoms with Crippen LogP contribution in [0.5, 0.6) is 23.0 Å². The zero-order chi connectivity index (χ0) is 37.1. The van der Waals surface area contributed by atoms with Crippen molar-refractivity contribution in [3.8, 4) is 23.0 Å². The van der Waals surface area contributed by atoms with Gasteiger partial charge in [-0.15, -0.1) is 0 Å². The van der Waals surface area contributed by atoms with Gasteiger partial charge in [-0.25, -0.2) is 9.59 Å². The molecule has 0 amide bonds. The van der Waals surface area contributed by atoms with E-state index < -0.39 is 24.0 Å². The highest BCUT2D eigenvalue weighted by atomic mass is 16.6. The van der Waals surface area contributed by atoms with Crippen molar-refractivity contribution in [2.75, 3.05) is 27.4 Å². The fourth-order valence-electron chi connectivity index (χ4n) is 5.07. The molecular weight excluding hydrogens is 652 g/mol. The Morgan fingerprint density at radius 2 is 1.14 bits per heavy atom. The summed E-state index contributed by atoms with van der Waals surface area (Å²) >= 11 is 0. The van der Waals surface area contributed by atoms with Crippen LogP contribution in [0.25, 0.3) is 12.2 Å². The van der Waals surface area contributed by atoms with E-state index >= 15 is 0 Å². The normalized spacial score (nSPS) is 12.0. The summed E-state index contributed by atoms with van der Waals surface area (Å²) in [5.41, 5.74) is 1.16. The lowest BCUT2D eigenvalue weighted by molar-refractivity contribution is -0.162. The molecule has 0 radical (unpaired) electrons. The van der Waals surface area contributed by atoms with Gasteiger partial charge < -0.3 is 33.9 Å². The second kappa shape index (κ2) is 26.1. The maximum absolute atomic E-state index is 12.6. The number of phenols is 2. The minimum atomic E-state index is -1.05. The summed E-state index contributed by atoms with van der Waals surface area (Å²) in [6.45, 7) is 1.60. The van der Waals surface area contributed by atoms with Crippen LogP contribution >= 0.6 is 0 Å². The van der Waals surface area contributed by atoms with Crippen LogP contribution in [0.15, 0.2) is 60.7 Å². The van der Waals surface area contributed by atoms with Gasteiger partial charge in [0, 0.05) is 18.6 Å². The van der Waals surface area contributed by atoms with Gasteiger partial charge in [-0.2, -0.15) is 0 Å². The fraction of sp³-hybridized carbons (Fsp3) is 0.488. The minimum absolute atomic E-state index is 0.0349. The van der Waals surface area contributed by atoms with E-state index in [1.807, 2.05) is 0 Å². The summed E-state index contributed by atoms with van der Waals surface area (Å²) in [7, 11) is 2.83. The third kappa shape index (κ3) is 19.3. The van der Waals surface area contributed by atoms with Gasteiger partial charge in [-0.1, -0.05) is 82.6 Å². The predicted molar refractivity (Wildman–Crippen MR) is 199 cm³/mol. The highest BCUT2D eigenvalue weighted by molar-refractivity contribution is 5.88. The van der Waals surface area contributed by atoms with E-state index in [0.717, 1.165) is 38.5 Å². The van der Waals surface area contributed by atoms with Crippen LogP contribution in [0, 0.1) is 0 Å². The Balaban J connectivity index is 1.79. The first-order chi connectivity index (χ1) is 24.7. The molecule has 2 N–H and O–H groups in total. The second-order valence-corrected chi connectivity index (χ2v) is 12.2. The summed E-state index contributed by atoms with van der Waals surface area (Å²) in [5, 5.41) is 19.6. The smallest absolute Gasteiger partial charge is 0.331 e. The van der Waals surface area contributed by atoms with Crippen LogP contribution in [-0.2, 0) is 28.6 Å². The Labute approximate surface area is 303 Å². The van der Waals surface area contributed by atoms with Crippen LogP contribution in [0.3, 0.4) is 0 Å². The number of hydrogen-bond donors (Lipinski definition) is 2. The monoisotopic (exact) mass is 708 g/mol. The van der Waals surface area contributed by atoms with Gasteiger partial charge in [-0.3, -0.25) is 4.79 Å². The van der Waals surface area contributed by atoms with Crippen molar-refractivity contribution in [3.05, 3.63) is 71.8 Å². The molecule has 0 saturated carbocycles. The lowest BCUT2D eigenvalue weighted by Crippen LogP contribution is -2.30. The first-order valence-electron chi connectivity index (χ1n) is 18.0.